The van der Waals surface area contributed by atoms with Crippen molar-refractivity contribution in [1.29, 1.82) is 0 Å². The van der Waals surface area contributed by atoms with Gasteiger partial charge < -0.3 is 10.6 Å². The van der Waals surface area contributed by atoms with Crippen LogP contribution in [0.1, 0.15) is 25.7 Å². The van der Waals surface area contributed by atoms with Gasteiger partial charge in [0.1, 0.15) is 0 Å². The van der Waals surface area contributed by atoms with Gasteiger partial charge in [0.05, 0.1) is 0 Å². The minimum atomic E-state index is 0.262. The van der Waals surface area contributed by atoms with Crippen molar-refractivity contribution in [1.82, 2.24) is 4.90 Å². The lowest BCUT2D eigenvalue weighted by Crippen LogP contribution is -2.33. The zero-order chi connectivity index (χ0) is 9.84. The molecular formula is C10H20N2O. The molecule has 1 aliphatic rings. The maximum Gasteiger partial charge on any atom is 0.225 e. The summed E-state index contributed by atoms with van der Waals surface area (Å²) in [5.41, 5.74) is 5.59. The van der Waals surface area contributed by atoms with Crippen LogP contribution < -0.4 is 5.73 Å². The molecule has 13 heavy (non-hydrogen) atoms. The van der Waals surface area contributed by atoms with E-state index in [4.69, 9.17) is 5.73 Å². The minimum Gasteiger partial charge on any atom is -0.349 e. The van der Waals surface area contributed by atoms with Crippen LogP contribution in [0.2, 0.25) is 0 Å². The number of nitrogens with zero attached hydrogens (tertiary/aromatic N) is 1. The van der Waals surface area contributed by atoms with Gasteiger partial charge in [-0.2, -0.15) is 0 Å². The van der Waals surface area contributed by atoms with Crippen molar-refractivity contribution in [2.75, 3.05) is 20.6 Å². The maximum atomic E-state index is 11.6. The topological polar surface area (TPSA) is 46.3 Å². The van der Waals surface area contributed by atoms with Crippen molar-refractivity contribution in [2.24, 2.45) is 17.6 Å². The molecule has 0 aromatic carbocycles. The summed E-state index contributed by atoms with van der Waals surface area (Å²) < 4.78 is 0. The van der Waals surface area contributed by atoms with E-state index in [0.29, 0.717) is 5.92 Å². The molecule has 1 saturated carbocycles. The summed E-state index contributed by atoms with van der Waals surface area (Å²) in [7, 11) is 3.66. The van der Waals surface area contributed by atoms with E-state index in [1.807, 2.05) is 14.1 Å². The predicted octanol–water partition coefficient (Wildman–Crippen LogP) is 0.840. The van der Waals surface area contributed by atoms with E-state index in [1.165, 1.54) is 0 Å². The molecular weight excluding hydrogens is 164 g/mol. The van der Waals surface area contributed by atoms with Gasteiger partial charge in [-0.3, -0.25) is 4.79 Å². The second-order valence-corrected chi connectivity index (χ2v) is 4.19. The molecule has 76 valence electrons. The summed E-state index contributed by atoms with van der Waals surface area (Å²) in [6, 6.07) is 0. The highest BCUT2D eigenvalue weighted by Crippen LogP contribution is 2.28. The van der Waals surface area contributed by atoms with Gasteiger partial charge in [-0.25, -0.2) is 0 Å². The van der Waals surface area contributed by atoms with E-state index in [0.717, 1.165) is 32.2 Å². The van der Waals surface area contributed by atoms with Crippen molar-refractivity contribution in [2.45, 2.75) is 25.7 Å². The lowest BCUT2D eigenvalue weighted by molar-refractivity contribution is -0.134. The second-order valence-electron chi connectivity index (χ2n) is 4.19. The first-order valence-electron chi connectivity index (χ1n) is 5.06. The van der Waals surface area contributed by atoms with E-state index < -0.39 is 0 Å². The molecule has 0 aliphatic heterocycles. The lowest BCUT2D eigenvalue weighted by atomic mass is 9.81. The first-order chi connectivity index (χ1) is 6.15. The Labute approximate surface area is 80.3 Å². The molecule has 0 unspecified atom stereocenters. The summed E-state index contributed by atoms with van der Waals surface area (Å²) in [4.78, 5) is 13.3. The van der Waals surface area contributed by atoms with E-state index in [-0.39, 0.29) is 11.8 Å². The zero-order valence-electron chi connectivity index (χ0n) is 8.62. The lowest BCUT2D eigenvalue weighted by Gasteiger charge is -2.28. The molecule has 3 nitrogen and oxygen atoms in total. The number of rotatable bonds is 2. The molecule has 0 bridgehead atoms. The normalized spacial score (nSPS) is 28.5. The number of amides is 1. The van der Waals surface area contributed by atoms with Crippen molar-refractivity contribution >= 4 is 5.91 Å². The van der Waals surface area contributed by atoms with Gasteiger partial charge in [-0.05, 0) is 38.1 Å². The van der Waals surface area contributed by atoms with E-state index >= 15 is 0 Å². The summed E-state index contributed by atoms with van der Waals surface area (Å²) in [5.74, 6) is 1.21. The summed E-state index contributed by atoms with van der Waals surface area (Å²) in [5, 5.41) is 0. The highest BCUT2D eigenvalue weighted by Gasteiger charge is 2.26. The fourth-order valence-corrected chi connectivity index (χ4v) is 2.01. The Bertz CT molecular complexity index is 172. The summed E-state index contributed by atoms with van der Waals surface area (Å²) in [6.07, 6.45) is 4.30. The predicted molar refractivity (Wildman–Crippen MR) is 53.2 cm³/mol. The standard InChI is InChI=1S/C10H20N2O/c1-12(2)10(13)9-5-3-8(7-11)4-6-9/h8-9H,3-7,11H2,1-2H3. The molecule has 1 aliphatic carbocycles. The summed E-state index contributed by atoms with van der Waals surface area (Å²) >= 11 is 0. The number of carbonyl (C=O) groups excluding carboxylic acids is 1. The van der Waals surface area contributed by atoms with Crippen LogP contribution in [0.4, 0.5) is 0 Å². The average molecular weight is 184 g/mol. The quantitative estimate of drug-likeness (QED) is 0.691. The van der Waals surface area contributed by atoms with Crippen molar-refractivity contribution in [3.05, 3.63) is 0 Å². The van der Waals surface area contributed by atoms with Crippen LogP contribution in [-0.2, 0) is 4.79 Å². The van der Waals surface area contributed by atoms with Gasteiger partial charge in [-0.1, -0.05) is 0 Å². The molecule has 0 aromatic heterocycles. The molecule has 0 atom stereocenters. The fraction of sp³-hybridized carbons (Fsp3) is 0.900. The number of hydrogen-bond donors (Lipinski definition) is 1. The van der Waals surface area contributed by atoms with Gasteiger partial charge >= 0.3 is 0 Å². The SMILES string of the molecule is CN(C)C(=O)C1CCC(CN)CC1. The van der Waals surface area contributed by atoms with E-state index in [1.54, 1.807) is 4.90 Å². The van der Waals surface area contributed by atoms with Crippen LogP contribution in [0.25, 0.3) is 0 Å². The first-order valence-corrected chi connectivity index (χ1v) is 5.06. The Kier molecular flexibility index (Phi) is 3.72. The van der Waals surface area contributed by atoms with Crippen molar-refractivity contribution in [3.8, 4) is 0 Å². The zero-order valence-corrected chi connectivity index (χ0v) is 8.62. The van der Waals surface area contributed by atoms with Crippen LogP contribution in [0.3, 0.4) is 0 Å². The largest absolute Gasteiger partial charge is 0.349 e. The Morgan fingerprint density at radius 1 is 1.31 bits per heavy atom. The Morgan fingerprint density at radius 3 is 2.23 bits per heavy atom. The number of nitrogens with two attached hydrogens (primary N) is 1. The highest BCUT2D eigenvalue weighted by molar-refractivity contribution is 5.78. The average Bonchev–Trinajstić information content (AvgIpc) is 2.17. The number of carbonyl (C=O) groups is 1. The van der Waals surface area contributed by atoms with Gasteiger partial charge in [-0.15, -0.1) is 0 Å². The van der Waals surface area contributed by atoms with E-state index in [2.05, 4.69) is 0 Å². The van der Waals surface area contributed by atoms with Gasteiger partial charge in [0.15, 0.2) is 0 Å². The second kappa shape index (κ2) is 4.61. The maximum absolute atomic E-state index is 11.6. The van der Waals surface area contributed by atoms with E-state index in [9.17, 15) is 4.79 Å². The molecule has 0 heterocycles. The Hall–Kier alpha value is -0.570. The smallest absolute Gasteiger partial charge is 0.225 e. The van der Waals surface area contributed by atoms with Crippen molar-refractivity contribution < 1.29 is 4.79 Å². The molecule has 1 fully saturated rings. The molecule has 1 rings (SSSR count). The third-order valence-corrected chi connectivity index (χ3v) is 2.97. The molecule has 3 heteroatoms. The van der Waals surface area contributed by atoms with Crippen LogP contribution in [0, 0.1) is 11.8 Å². The molecule has 0 radical (unpaired) electrons. The number of hydrogen-bond acceptors (Lipinski definition) is 2. The van der Waals surface area contributed by atoms with Gasteiger partial charge in [0, 0.05) is 20.0 Å². The molecule has 0 aromatic rings. The third kappa shape index (κ3) is 2.69. The Balaban J connectivity index is 2.36. The Morgan fingerprint density at radius 2 is 1.85 bits per heavy atom. The monoisotopic (exact) mass is 184 g/mol. The van der Waals surface area contributed by atoms with Crippen LogP contribution in [-0.4, -0.2) is 31.4 Å². The van der Waals surface area contributed by atoms with Crippen LogP contribution in [0.5, 0.6) is 0 Å². The summed E-state index contributed by atoms with van der Waals surface area (Å²) in [6.45, 7) is 0.781. The first kappa shape index (κ1) is 10.5. The van der Waals surface area contributed by atoms with Crippen molar-refractivity contribution in [3.63, 3.8) is 0 Å². The van der Waals surface area contributed by atoms with Crippen LogP contribution in [0.15, 0.2) is 0 Å². The molecule has 0 spiro atoms. The molecule has 1 amide bonds. The van der Waals surface area contributed by atoms with Gasteiger partial charge in [0.2, 0.25) is 5.91 Å². The van der Waals surface area contributed by atoms with Gasteiger partial charge in [0.25, 0.3) is 0 Å². The molecule has 2 N–H and O–H groups in total. The third-order valence-electron chi connectivity index (χ3n) is 2.97. The van der Waals surface area contributed by atoms with Crippen LogP contribution >= 0.6 is 0 Å². The fourth-order valence-electron chi connectivity index (χ4n) is 2.01. The molecule has 0 saturated heterocycles. The highest BCUT2D eigenvalue weighted by atomic mass is 16.2. The minimum absolute atomic E-state index is 0.262.